The van der Waals surface area contributed by atoms with Crippen LogP contribution in [0.1, 0.15) is 37.3 Å². The number of aromatic nitrogens is 2. The van der Waals surface area contributed by atoms with Gasteiger partial charge in [-0.1, -0.05) is 24.6 Å². The molecule has 5 rings (SSSR count). The van der Waals surface area contributed by atoms with E-state index in [1.165, 1.54) is 19.3 Å². The molecule has 8 nitrogen and oxygen atoms in total. The lowest BCUT2D eigenvalue weighted by Crippen LogP contribution is -2.42. The van der Waals surface area contributed by atoms with Crippen molar-refractivity contribution in [3.63, 3.8) is 0 Å². The van der Waals surface area contributed by atoms with Crippen LogP contribution in [0, 0.1) is 0 Å². The van der Waals surface area contributed by atoms with Crippen LogP contribution in [0.4, 0.5) is 0 Å². The fraction of sp³-hybridized carbons (Fsp3) is 0.344. The number of rotatable bonds is 11. The number of carbonyl (C=O) groups excluding carboxylic acids is 1. The minimum Gasteiger partial charge on any atom is -0.457 e. The van der Waals surface area contributed by atoms with Crippen LogP contribution in [-0.4, -0.2) is 46.0 Å². The van der Waals surface area contributed by atoms with Crippen LogP contribution in [0.25, 0.3) is 10.9 Å². The molecule has 0 saturated carbocycles. The minimum atomic E-state index is -0.458. The van der Waals surface area contributed by atoms with Crippen LogP contribution in [-0.2, 0) is 24.4 Å². The van der Waals surface area contributed by atoms with Gasteiger partial charge >= 0.3 is 0 Å². The molecule has 40 heavy (non-hydrogen) atoms. The van der Waals surface area contributed by atoms with Gasteiger partial charge < -0.3 is 24.8 Å². The van der Waals surface area contributed by atoms with E-state index in [9.17, 15) is 9.59 Å². The number of fused-ring (bicyclic) bond motifs is 1. The van der Waals surface area contributed by atoms with E-state index in [1.807, 2.05) is 78.2 Å². The highest BCUT2D eigenvalue weighted by Crippen LogP contribution is 2.26. The molecule has 8 heteroatoms. The van der Waals surface area contributed by atoms with E-state index in [2.05, 4.69) is 20.5 Å². The molecule has 3 heterocycles. The zero-order valence-electron chi connectivity index (χ0n) is 23.0. The Labute approximate surface area is 235 Å². The fourth-order valence-electron chi connectivity index (χ4n) is 5.07. The minimum absolute atomic E-state index is 0.0433. The topological polar surface area (TPSA) is 88.5 Å². The average molecular weight is 540 g/mol. The summed E-state index contributed by atoms with van der Waals surface area (Å²) in [4.78, 5) is 32.9. The molecule has 1 amide bonds. The summed E-state index contributed by atoms with van der Waals surface area (Å²) in [7, 11) is 0. The summed E-state index contributed by atoms with van der Waals surface area (Å²) in [5.74, 6) is 1.32. The average Bonchev–Trinajstić information content (AvgIpc) is 3.00. The number of piperidine rings is 1. The van der Waals surface area contributed by atoms with E-state index >= 15 is 0 Å². The standard InChI is InChI=1S/C32H37N5O3/c1-24(31(38)35-22-25-12-14-33-15-13-25)34-23-27-20-26-10-11-29(40-28-8-4-2-5-9-28)21-30(26)37(32(27)39)19-18-36-16-6-3-7-17-36/h2,4-5,8-15,20-21,24,34H,3,6-7,16-19,22-23H2,1H3,(H,35,38)/t24-/m0/s1. The molecule has 1 aliphatic rings. The van der Waals surface area contributed by atoms with Gasteiger partial charge in [-0.15, -0.1) is 0 Å². The molecular formula is C32H37N5O3. The van der Waals surface area contributed by atoms with Crippen molar-refractivity contribution in [3.8, 4) is 11.5 Å². The van der Waals surface area contributed by atoms with E-state index in [-0.39, 0.29) is 11.5 Å². The summed E-state index contributed by atoms with van der Waals surface area (Å²) in [5, 5.41) is 7.15. The monoisotopic (exact) mass is 539 g/mol. The summed E-state index contributed by atoms with van der Waals surface area (Å²) in [5.41, 5.74) is 2.43. The van der Waals surface area contributed by atoms with Gasteiger partial charge in [0, 0.05) is 50.2 Å². The summed E-state index contributed by atoms with van der Waals surface area (Å²) in [6, 6.07) is 20.7. The van der Waals surface area contributed by atoms with Crippen molar-refractivity contribution >= 4 is 16.8 Å². The first-order chi connectivity index (χ1) is 19.6. The maximum absolute atomic E-state index is 13.8. The predicted octanol–water partition coefficient (Wildman–Crippen LogP) is 4.47. The van der Waals surface area contributed by atoms with E-state index in [0.717, 1.165) is 41.9 Å². The van der Waals surface area contributed by atoms with Crippen molar-refractivity contribution in [2.45, 2.75) is 51.9 Å². The van der Waals surface area contributed by atoms with Gasteiger partial charge in [-0.3, -0.25) is 14.6 Å². The molecule has 208 valence electrons. The van der Waals surface area contributed by atoms with Crippen molar-refractivity contribution in [3.05, 3.63) is 101 Å². The maximum Gasteiger partial charge on any atom is 0.255 e. The molecule has 1 fully saturated rings. The lowest BCUT2D eigenvalue weighted by atomic mass is 10.1. The summed E-state index contributed by atoms with van der Waals surface area (Å²) >= 11 is 0. The number of benzene rings is 2. The third-order valence-corrected chi connectivity index (χ3v) is 7.42. The number of nitrogens with zero attached hydrogens (tertiary/aromatic N) is 3. The Bertz CT molecular complexity index is 1470. The molecule has 1 saturated heterocycles. The second-order valence-electron chi connectivity index (χ2n) is 10.3. The van der Waals surface area contributed by atoms with E-state index in [4.69, 9.17) is 4.74 Å². The highest BCUT2D eigenvalue weighted by molar-refractivity contribution is 5.82. The molecule has 4 aromatic rings. The first-order valence-electron chi connectivity index (χ1n) is 14.1. The zero-order valence-corrected chi connectivity index (χ0v) is 23.0. The summed E-state index contributed by atoms with van der Waals surface area (Å²) in [6.07, 6.45) is 7.09. The van der Waals surface area contributed by atoms with Crippen molar-refractivity contribution in [2.75, 3.05) is 19.6 Å². The Morgan fingerprint density at radius 1 is 0.925 bits per heavy atom. The molecule has 0 aliphatic carbocycles. The van der Waals surface area contributed by atoms with Gasteiger partial charge in [0.05, 0.1) is 11.6 Å². The third kappa shape index (κ3) is 7.14. The highest BCUT2D eigenvalue weighted by Gasteiger charge is 2.17. The lowest BCUT2D eigenvalue weighted by molar-refractivity contribution is -0.122. The van der Waals surface area contributed by atoms with Crippen LogP contribution in [0.3, 0.4) is 0 Å². The maximum atomic E-state index is 13.8. The summed E-state index contributed by atoms with van der Waals surface area (Å²) in [6.45, 7) is 6.10. The summed E-state index contributed by atoms with van der Waals surface area (Å²) < 4.78 is 7.95. The molecular weight excluding hydrogens is 502 g/mol. The number of carbonyl (C=O) groups is 1. The Balaban J connectivity index is 1.34. The molecule has 1 aliphatic heterocycles. The number of para-hydroxylation sites is 1. The lowest BCUT2D eigenvalue weighted by Gasteiger charge is -2.27. The Morgan fingerprint density at radius 3 is 2.48 bits per heavy atom. The van der Waals surface area contributed by atoms with Gasteiger partial charge in [-0.05, 0) is 86.3 Å². The molecule has 2 aromatic carbocycles. The molecule has 0 radical (unpaired) electrons. The van der Waals surface area contributed by atoms with E-state index in [1.54, 1.807) is 12.4 Å². The van der Waals surface area contributed by atoms with Crippen LogP contribution in [0.2, 0.25) is 0 Å². The second kappa shape index (κ2) is 13.4. The molecule has 2 aromatic heterocycles. The van der Waals surface area contributed by atoms with Crippen molar-refractivity contribution in [1.82, 2.24) is 25.1 Å². The number of pyridine rings is 2. The number of ether oxygens (including phenoxy) is 1. The fourth-order valence-corrected chi connectivity index (χ4v) is 5.07. The SMILES string of the molecule is C[C@H](NCc1cc2ccc(Oc3ccccc3)cc2n(CCN2CCCCC2)c1=O)C(=O)NCc1ccncc1. The van der Waals surface area contributed by atoms with Crippen LogP contribution in [0.15, 0.2) is 83.9 Å². The van der Waals surface area contributed by atoms with E-state index in [0.29, 0.717) is 30.9 Å². The number of hydrogen-bond acceptors (Lipinski definition) is 6. The zero-order chi connectivity index (χ0) is 27.7. The van der Waals surface area contributed by atoms with Crippen LogP contribution < -0.4 is 20.9 Å². The van der Waals surface area contributed by atoms with Gasteiger partial charge in [0.15, 0.2) is 0 Å². The van der Waals surface area contributed by atoms with Gasteiger partial charge in [0.2, 0.25) is 5.91 Å². The molecule has 0 bridgehead atoms. The quantitative estimate of drug-likeness (QED) is 0.292. The largest absolute Gasteiger partial charge is 0.457 e. The molecule has 0 unspecified atom stereocenters. The molecule has 0 spiro atoms. The van der Waals surface area contributed by atoms with Crippen molar-refractivity contribution in [2.24, 2.45) is 0 Å². The van der Waals surface area contributed by atoms with Crippen LogP contribution >= 0.6 is 0 Å². The first kappa shape index (κ1) is 27.6. The molecule has 1 atom stereocenters. The van der Waals surface area contributed by atoms with Crippen molar-refractivity contribution in [1.29, 1.82) is 0 Å². The third-order valence-electron chi connectivity index (χ3n) is 7.42. The number of amides is 1. The van der Waals surface area contributed by atoms with Gasteiger partial charge in [0.1, 0.15) is 11.5 Å². The first-order valence-corrected chi connectivity index (χ1v) is 14.1. The smallest absolute Gasteiger partial charge is 0.255 e. The number of likely N-dealkylation sites (tertiary alicyclic amines) is 1. The van der Waals surface area contributed by atoms with E-state index < -0.39 is 6.04 Å². The Morgan fingerprint density at radius 2 is 1.70 bits per heavy atom. The van der Waals surface area contributed by atoms with Gasteiger partial charge in [0.25, 0.3) is 5.56 Å². The van der Waals surface area contributed by atoms with Crippen LogP contribution in [0.5, 0.6) is 11.5 Å². The highest BCUT2D eigenvalue weighted by atomic mass is 16.5. The molecule has 2 N–H and O–H groups in total. The predicted molar refractivity (Wildman–Crippen MR) is 157 cm³/mol. The normalized spacial score (nSPS) is 14.6. The van der Waals surface area contributed by atoms with Crippen molar-refractivity contribution < 1.29 is 9.53 Å². The van der Waals surface area contributed by atoms with Gasteiger partial charge in [-0.25, -0.2) is 0 Å². The number of nitrogens with one attached hydrogen (secondary N) is 2. The number of hydrogen-bond donors (Lipinski definition) is 2. The Hall–Kier alpha value is -4.01. The Kier molecular flexibility index (Phi) is 9.21. The second-order valence-corrected chi connectivity index (χ2v) is 10.3. The van der Waals surface area contributed by atoms with Gasteiger partial charge in [-0.2, -0.15) is 0 Å².